The molecule has 0 bridgehead atoms. The normalized spacial score (nSPS) is 16.8. The molecule has 18 heavy (non-hydrogen) atoms. The molecule has 3 heteroatoms. The Hall–Kier alpha value is -1.61. The predicted octanol–water partition coefficient (Wildman–Crippen LogP) is 2.73. The van der Waals surface area contributed by atoms with Gasteiger partial charge in [0.15, 0.2) is 0 Å². The fourth-order valence-electron chi connectivity index (χ4n) is 2.24. The lowest BCUT2D eigenvalue weighted by atomic mass is 10.1. The molecule has 1 aliphatic rings. The van der Waals surface area contributed by atoms with Gasteiger partial charge in [-0.2, -0.15) is 0 Å². The molecule has 0 unspecified atom stereocenters. The van der Waals surface area contributed by atoms with Crippen LogP contribution in [0.3, 0.4) is 0 Å². The van der Waals surface area contributed by atoms with Crippen LogP contribution >= 0.6 is 0 Å². The van der Waals surface area contributed by atoms with Crippen LogP contribution < -0.4 is 5.32 Å². The van der Waals surface area contributed by atoms with E-state index in [0.29, 0.717) is 0 Å². The molecule has 1 aromatic heterocycles. The van der Waals surface area contributed by atoms with Gasteiger partial charge < -0.3 is 10.4 Å². The van der Waals surface area contributed by atoms with Crippen molar-refractivity contribution in [2.24, 2.45) is 5.41 Å². The first-order chi connectivity index (χ1) is 8.72. The average Bonchev–Trinajstić information content (AvgIpc) is 3.17. The maximum atomic E-state index is 9.32. The van der Waals surface area contributed by atoms with Crippen molar-refractivity contribution in [2.45, 2.75) is 19.8 Å². The molecule has 2 N–H and O–H groups in total. The van der Waals surface area contributed by atoms with Crippen LogP contribution in [0, 0.1) is 12.3 Å². The topological polar surface area (TPSA) is 45.2 Å². The quantitative estimate of drug-likeness (QED) is 0.866. The van der Waals surface area contributed by atoms with Gasteiger partial charge in [-0.05, 0) is 37.5 Å². The van der Waals surface area contributed by atoms with Gasteiger partial charge in [-0.25, -0.2) is 4.98 Å². The van der Waals surface area contributed by atoms with Crippen molar-refractivity contribution in [3.8, 4) is 0 Å². The summed E-state index contributed by atoms with van der Waals surface area (Å²) in [4.78, 5) is 4.65. The van der Waals surface area contributed by atoms with Gasteiger partial charge in [0.05, 0.1) is 12.1 Å². The number of aliphatic hydroxyl groups is 1. The van der Waals surface area contributed by atoms with E-state index in [-0.39, 0.29) is 12.0 Å². The van der Waals surface area contributed by atoms with Crippen LogP contribution in [0.2, 0.25) is 0 Å². The summed E-state index contributed by atoms with van der Waals surface area (Å²) in [6.07, 6.45) is 2.23. The zero-order chi connectivity index (χ0) is 12.6. The van der Waals surface area contributed by atoms with Gasteiger partial charge in [0, 0.05) is 17.3 Å². The average molecular weight is 242 g/mol. The minimum Gasteiger partial charge on any atom is -0.396 e. The molecule has 3 nitrogen and oxygen atoms in total. The lowest BCUT2D eigenvalue weighted by Gasteiger charge is -2.15. The molecule has 1 aliphatic carbocycles. The lowest BCUT2D eigenvalue weighted by molar-refractivity contribution is 0.219. The molecule has 0 spiro atoms. The number of benzene rings is 1. The smallest absolute Gasteiger partial charge is 0.129 e. The highest BCUT2D eigenvalue weighted by Crippen LogP contribution is 2.45. The molecule has 1 fully saturated rings. The van der Waals surface area contributed by atoms with Gasteiger partial charge in [0.25, 0.3) is 0 Å². The number of rotatable bonds is 4. The highest BCUT2D eigenvalue weighted by Gasteiger charge is 2.41. The first-order valence-electron chi connectivity index (χ1n) is 6.44. The number of pyridine rings is 1. The van der Waals surface area contributed by atoms with Crippen LogP contribution in [-0.4, -0.2) is 23.2 Å². The summed E-state index contributed by atoms with van der Waals surface area (Å²) in [5.41, 5.74) is 2.28. The summed E-state index contributed by atoms with van der Waals surface area (Å²) in [5, 5.41) is 13.9. The lowest BCUT2D eigenvalue weighted by Crippen LogP contribution is -2.20. The molecule has 0 aliphatic heterocycles. The number of aromatic nitrogens is 1. The number of nitrogens with zero attached hydrogens (tertiary/aromatic N) is 1. The minimum atomic E-state index is 0.111. The van der Waals surface area contributed by atoms with E-state index >= 15 is 0 Å². The van der Waals surface area contributed by atoms with E-state index in [0.717, 1.165) is 36.3 Å². The number of para-hydroxylation sites is 1. The Kier molecular flexibility index (Phi) is 2.71. The summed E-state index contributed by atoms with van der Waals surface area (Å²) in [6.45, 7) is 3.16. The monoisotopic (exact) mass is 242 g/mol. The van der Waals surface area contributed by atoms with Crippen LogP contribution in [-0.2, 0) is 0 Å². The van der Waals surface area contributed by atoms with Gasteiger partial charge in [0.2, 0.25) is 0 Å². The van der Waals surface area contributed by atoms with E-state index in [2.05, 4.69) is 29.4 Å². The maximum absolute atomic E-state index is 9.32. The van der Waals surface area contributed by atoms with Gasteiger partial charge in [-0.3, -0.25) is 0 Å². The summed E-state index contributed by atoms with van der Waals surface area (Å²) in [5.74, 6) is 0.938. The summed E-state index contributed by atoms with van der Waals surface area (Å²) in [7, 11) is 0. The molecule has 0 atom stereocenters. The highest BCUT2D eigenvalue weighted by molar-refractivity contribution is 5.81. The number of hydrogen-bond donors (Lipinski definition) is 2. The Bertz CT molecular complexity index is 576. The number of hydrogen-bond acceptors (Lipinski definition) is 3. The van der Waals surface area contributed by atoms with Gasteiger partial charge in [-0.15, -0.1) is 0 Å². The number of aliphatic hydroxyl groups excluding tert-OH is 1. The Labute approximate surface area is 107 Å². The Balaban J connectivity index is 1.85. The summed E-state index contributed by atoms with van der Waals surface area (Å²) < 4.78 is 0. The first-order valence-corrected chi connectivity index (χ1v) is 6.44. The third-order valence-electron chi connectivity index (χ3n) is 3.84. The predicted molar refractivity (Wildman–Crippen MR) is 73.7 cm³/mol. The van der Waals surface area contributed by atoms with E-state index in [9.17, 15) is 5.11 Å². The van der Waals surface area contributed by atoms with Crippen molar-refractivity contribution in [1.29, 1.82) is 0 Å². The van der Waals surface area contributed by atoms with E-state index in [1.54, 1.807) is 0 Å². The fraction of sp³-hybridized carbons (Fsp3) is 0.400. The van der Waals surface area contributed by atoms with Crippen molar-refractivity contribution in [3.05, 3.63) is 35.9 Å². The van der Waals surface area contributed by atoms with E-state index in [1.807, 2.05) is 18.2 Å². The van der Waals surface area contributed by atoms with Gasteiger partial charge in [0.1, 0.15) is 5.82 Å². The molecular formula is C15H18N2O. The summed E-state index contributed by atoms with van der Waals surface area (Å²) in [6, 6.07) is 10.3. The van der Waals surface area contributed by atoms with E-state index in [1.165, 1.54) is 5.39 Å². The highest BCUT2D eigenvalue weighted by atomic mass is 16.3. The molecule has 1 saturated carbocycles. The first kappa shape index (κ1) is 11.5. The van der Waals surface area contributed by atoms with Crippen LogP contribution in [0.25, 0.3) is 10.9 Å². The Morgan fingerprint density at radius 2 is 2.11 bits per heavy atom. The molecule has 0 radical (unpaired) electrons. The SMILES string of the molecule is Cc1cc2ccccc2nc1NCC1(CO)CC1. The van der Waals surface area contributed by atoms with Crippen molar-refractivity contribution >= 4 is 16.7 Å². The molecule has 3 rings (SSSR count). The third kappa shape index (κ3) is 2.06. The molecular weight excluding hydrogens is 224 g/mol. The molecule has 1 aromatic carbocycles. The van der Waals surface area contributed by atoms with Crippen LogP contribution in [0.1, 0.15) is 18.4 Å². The molecule has 0 amide bonds. The van der Waals surface area contributed by atoms with E-state index in [4.69, 9.17) is 0 Å². The number of aryl methyl sites for hydroxylation is 1. The molecule has 94 valence electrons. The number of nitrogens with one attached hydrogen (secondary N) is 1. The maximum Gasteiger partial charge on any atom is 0.129 e. The van der Waals surface area contributed by atoms with Crippen LogP contribution in [0.15, 0.2) is 30.3 Å². The van der Waals surface area contributed by atoms with Gasteiger partial charge in [-0.1, -0.05) is 18.2 Å². The second-order valence-electron chi connectivity index (χ2n) is 5.36. The van der Waals surface area contributed by atoms with Gasteiger partial charge >= 0.3 is 0 Å². The number of anilines is 1. The van der Waals surface area contributed by atoms with E-state index < -0.39 is 0 Å². The summed E-state index contributed by atoms with van der Waals surface area (Å²) >= 11 is 0. The van der Waals surface area contributed by atoms with Crippen molar-refractivity contribution < 1.29 is 5.11 Å². The van der Waals surface area contributed by atoms with Crippen LogP contribution in [0.4, 0.5) is 5.82 Å². The van der Waals surface area contributed by atoms with Crippen LogP contribution in [0.5, 0.6) is 0 Å². The molecule has 0 saturated heterocycles. The molecule has 1 heterocycles. The zero-order valence-corrected chi connectivity index (χ0v) is 10.6. The Morgan fingerprint density at radius 3 is 2.83 bits per heavy atom. The number of fused-ring (bicyclic) bond motifs is 1. The fourth-order valence-corrected chi connectivity index (χ4v) is 2.24. The Morgan fingerprint density at radius 1 is 1.33 bits per heavy atom. The minimum absolute atomic E-state index is 0.111. The largest absolute Gasteiger partial charge is 0.396 e. The second-order valence-corrected chi connectivity index (χ2v) is 5.36. The zero-order valence-electron chi connectivity index (χ0n) is 10.6. The van der Waals surface area contributed by atoms with Crippen molar-refractivity contribution in [1.82, 2.24) is 4.98 Å². The van der Waals surface area contributed by atoms with Crippen molar-refractivity contribution in [2.75, 3.05) is 18.5 Å². The van der Waals surface area contributed by atoms with Crippen molar-refractivity contribution in [3.63, 3.8) is 0 Å². The third-order valence-corrected chi connectivity index (χ3v) is 3.84. The standard InChI is InChI=1S/C15H18N2O/c1-11-8-12-4-2-3-5-13(12)17-14(11)16-9-15(10-18)6-7-15/h2-5,8,18H,6-7,9-10H2,1H3,(H,16,17). The molecule has 2 aromatic rings. The second kappa shape index (κ2) is 4.25.